The zero-order valence-corrected chi connectivity index (χ0v) is 11.5. The Labute approximate surface area is 114 Å². The van der Waals surface area contributed by atoms with Crippen LogP contribution < -0.4 is 10.1 Å². The predicted molar refractivity (Wildman–Crippen MR) is 77.2 cm³/mol. The number of rotatable bonds is 6. The molecule has 1 heterocycles. The minimum Gasteiger partial charge on any atom is -0.481 e. The van der Waals surface area contributed by atoms with E-state index in [2.05, 4.69) is 41.5 Å². The Bertz CT molecular complexity index is 499. The summed E-state index contributed by atoms with van der Waals surface area (Å²) in [5, 5.41) is 3.52. The van der Waals surface area contributed by atoms with Crippen molar-refractivity contribution < 1.29 is 4.74 Å². The third-order valence-corrected chi connectivity index (χ3v) is 3.05. The van der Waals surface area contributed by atoms with Gasteiger partial charge in [-0.1, -0.05) is 30.3 Å². The molecular weight excluding hydrogens is 236 g/mol. The van der Waals surface area contributed by atoms with Gasteiger partial charge in [-0.3, -0.25) is 0 Å². The molecule has 2 aromatic rings. The molecule has 19 heavy (non-hydrogen) atoms. The van der Waals surface area contributed by atoms with Gasteiger partial charge in [-0.05, 0) is 30.5 Å². The highest BCUT2D eigenvalue weighted by atomic mass is 16.5. The summed E-state index contributed by atoms with van der Waals surface area (Å²) in [6.07, 6.45) is 2.75. The smallest absolute Gasteiger partial charge is 0.213 e. The van der Waals surface area contributed by atoms with Crippen molar-refractivity contribution in [1.29, 1.82) is 0 Å². The first kappa shape index (κ1) is 13.6. The van der Waals surface area contributed by atoms with Crippen molar-refractivity contribution in [2.75, 3.05) is 7.11 Å². The number of nitrogens with zero attached hydrogens (tertiary/aromatic N) is 1. The third kappa shape index (κ3) is 4.38. The second kappa shape index (κ2) is 6.90. The van der Waals surface area contributed by atoms with Crippen LogP contribution in [0.15, 0.2) is 48.7 Å². The third-order valence-electron chi connectivity index (χ3n) is 3.05. The van der Waals surface area contributed by atoms with Crippen LogP contribution in [0.2, 0.25) is 0 Å². The number of ether oxygens (including phenoxy) is 1. The van der Waals surface area contributed by atoms with Crippen LogP contribution in [0.1, 0.15) is 18.1 Å². The number of nitrogens with one attached hydrogen (secondary N) is 1. The predicted octanol–water partition coefficient (Wildman–Crippen LogP) is 2.81. The topological polar surface area (TPSA) is 34.1 Å². The molecule has 0 fully saturated rings. The van der Waals surface area contributed by atoms with Crippen LogP contribution in [0, 0.1) is 0 Å². The molecule has 1 unspecified atom stereocenters. The van der Waals surface area contributed by atoms with Crippen molar-refractivity contribution in [2.45, 2.75) is 25.9 Å². The van der Waals surface area contributed by atoms with Crippen molar-refractivity contribution in [2.24, 2.45) is 0 Å². The van der Waals surface area contributed by atoms with E-state index < -0.39 is 0 Å². The van der Waals surface area contributed by atoms with Crippen LogP contribution in [-0.2, 0) is 13.0 Å². The molecule has 0 saturated carbocycles. The highest BCUT2D eigenvalue weighted by molar-refractivity contribution is 5.21. The number of benzene rings is 1. The first-order valence-corrected chi connectivity index (χ1v) is 6.54. The van der Waals surface area contributed by atoms with Gasteiger partial charge in [-0.15, -0.1) is 0 Å². The van der Waals surface area contributed by atoms with Gasteiger partial charge in [0.1, 0.15) is 0 Å². The normalized spacial score (nSPS) is 12.1. The second-order valence-corrected chi connectivity index (χ2v) is 4.68. The molecule has 1 N–H and O–H groups in total. The lowest BCUT2D eigenvalue weighted by atomic mass is 10.1. The maximum absolute atomic E-state index is 5.13. The van der Waals surface area contributed by atoms with E-state index in [0.29, 0.717) is 11.9 Å². The molecule has 100 valence electrons. The minimum atomic E-state index is 0.410. The second-order valence-electron chi connectivity index (χ2n) is 4.68. The summed E-state index contributed by atoms with van der Waals surface area (Å²) in [7, 11) is 1.64. The summed E-state index contributed by atoms with van der Waals surface area (Å²) < 4.78 is 5.13. The van der Waals surface area contributed by atoms with Crippen molar-refractivity contribution in [1.82, 2.24) is 10.3 Å². The summed E-state index contributed by atoms with van der Waals surface area (Å²) in [6, 6.07) is 14.9. The van der Waals surface area contributed by atoms with Gasteiger partial charge in [-0.25, -0.2) is 4.98 Å². The number of hydrogen-bond donors (Lipinski definition) is 1. The summed E-state index contributed by atoms with van der Waals surface area (Å²) in [4.78, 5) is 4.12. The average molecular weight is 256 g/mol. The highest BCUT2D eigenvalue weighted by Gasteiger charge is 2.04. The molecule has 3 nitrogen and oxygen atoms in total. The first-order chi connectivity index (χ1) is 9.28. The Hall–Kier alpha value is -1.87. The Balaban J connectivity index is 1.85. The fraction of sp³-hybridized carbons (Fsp3) is 0.312. The molecule has 0 radical (unpaired) electrons. The van der Waals surface area contributed by atoms with Gasteiger partial charge in [0.05, 0.1) is 7.11 Å². The van der Waals surface area contributed by atoms with Gasteiger partial charge in [0.2, 0.25) is 5.88 Å². The summed E-state index contributed by atoms with van der Waals surface area (Å²) >= 11 is 0. The van der Waals surface area contributed by atoms with Crippen LogP contribution >= 0.6 is 0 Å². The molecular formula is C16H20N2O. The number of hydrogen-bond acceptors (Lipinski definition) is 3. The molecule has 0 aliphatic rings. The number of aromatic nitrogens is 1. The fourth-order valence-electron chi connectivity index (χ4n) is 2.00. The van der Waals surface area contributed by atoms with Crippen molar-refractivity contribution in [3.05, 3.63) is 59.8 Å². The molecule has 0 bridgehead atoms. The zero-order chi connectivity index (χ0) is 13.5. The van der Waals surface area contributed by atoms with E-state index in [0.717, 1.165) is 13.0 Å². The van der Waals surface area contributed by atoms with Crippen LogP contribution in [0.25, 0.3) is 0 Å². The fourth-order valence-corrected chi connectivity index (χ4v) is 2.00. The van der Waals surface area contributed by atoms with Gasteiger partial charge in [0.15, 0.2) is 0 Å². The van der Waals surface area contributed by atoms with Gasteiger partial charge in [0.25, 0.3) is 0 Å². The largest absolute Gasteiger partial charge is 0.481 e. The van der Waals surface area contributed by atoms with E-state index in [1.165, 1.54) is 11.1 Å². The van der Waals surface area contributed by atoms with E-state index in [-0.39, 0.29) is 0 Å². The lowest BCUT2D eigenvalue weighted by Crippen LogP contribution is -2.27. The van der Waals surface area contributed by atoms with E-state index in [1.807, 2.05) is 18.2 Å². The van der Waals surface area contributed by atoms with Crippen LogP contribution in [0.4, 0.5) is 0 Å². The Morgan fingerprint density at radius 3 is 2.68 bits per heavy atom. The summed E-state index contributed by atoms with van der Waals surface area (Å²) in [5.41, 5.74) is 2.54. The Kier molecular flexibility index (Phi) is 4.93. The van der Waals surface area contributed by atoms with Crippen molar-refractivity contribution in [3.8, 4) is 5.88 Å². The van der Waals surface area contributed by atoms with E-state index in [9.17, 15) is 0 Å². The molecule has 3 heteroatoms. The van der Waals surface area contributed by atoms with Crippen molar-refractivity contribution in [3.63, 3.8) is 0 Å². The van der Waals surface area contributed by atoms with Crippen LogP contribution in [0.5, 0.6) is 5.88 Å². The molecule has 0 aliphatic heterocycles. The quantitative estimate of drug-likeness (QED) is 0.863. The molecule has 1 aromatic heterocycles. The van der Waals surface area contributed by atoms with Gasteiger partial charge < -0.3 is 10.1 Å². The molecule has 1 atom stereocenters. The molecule has 0 saturated heterocycles. The standard InChI is InChI=1S/C16H20N2O/c1-13(18-12-14-6-4-3-5-7-14)10-15-8-9-17-16(11-15)19-2/h3-9,11,13,18H,10,12H2,1-2H3. The molecule has 0 spiro atoms. The maximum Gasteiger partial charge on any atom is 0.213 e. The van der Waals surface area contributed by atoms with Crippen LogP contribution in [-0.4, -0.2) is 18.1 Å². The van der Waals surface area contributed by atoms with Gasteiger partial charge in [0, 0.05) is 24.8 Å². The zero-order valence-electron chi connectivity index (χ0n) is 11.5. The van der Waals surface area contributed by atoms with Gasteiger partial charge >= 0.3 is 0 Å². The number of methoxy groups -OCH3 is 1. The SMILES string of the molecule is COc1cc(CC(C)NCc2ccccc2)ccn1. The summed E-state index contributed by atoms with van der Waals surface area (Å²) in [6.45, 7) is 3.08. The number of pyridine rings is 1. The monoisotopic (exact) mass is 256 g/mol. The van der Waals surface area contributed by atoms with Crippen molar-refractivity contribution >= 4 is 0 Å². The highest BCUT2D eigenvalue weighted by Crippen LogP contribution is 2.10. The Morgan fingerprint density at radius 2 is 1.95 bits per heavy atom. The van der Waals surface area contributed by atoms with Gasteiger partial charge in [-0.2, -0.15) is 0 Å². The van der Waals surface area contributed by atoms with E-state index >= 15 is 0 Å². The van der Waals surface area contributed by atoms with E-state index in [4.69, 9.17) is 4.74 Å². The van der Waals surface area contributed by atoms with E-state index in [1.54, 1.807) is 13.3 Å². The lowest BCUT2D eigenvalue weighted by Gasteiger charge is -2.14. The first-order valence-electron chi connectivity index (χ1n) is 6.54. The average Bonchev–Trinajstić information content (AvgIpc) is 2.46. The molecule has 0 aliphatic carbocycles. The molecule has 0 amide bonds. The molecule has 1 aromatic carbocycles. The maximum atomic E-state index is 5.13. The summed E-state index contributed by atoms with van der Waals surface area (Å²) in [5.74, 6) is 0.674. The molecule has 2 rings (SSSR count). The van der Waals surface area contributed by atoms with Crippen LogP contribution in [0.3, 0.4) is 0 Å². The Morgan fingerprint density at radius 1 is 1.16 bits per heavy atom. The minimum absolute atomic E-state index is 0.410. The lowest BCUT2D eigenvalue weighted by molar-refractivity contribution is 0.397.